The lowest BCUT2D eigenvalue weighted by atomic mass is 9.88. The topological polar surface area (TPSA) is 73.0 Å². The minimum absolute atomic E-state index is 0.0700. The van der Waals surface area contributed by atoms with Crippen molar-refractivity contribution in [2.75, 3.05) is 5.32 Å². The minimum atomic E-state index is -0.224. The summed E-state index contributed by atoms with van der Waals surface area (Å²) in [5, 5.41) is 11.8. The number of aromatic nitrogens is 3. The van der Waals surface area contributed by atoms with E-state index in [0.29, 0.717) is 11.6 Å². The second-order valence-corrected chi connectivity index (χ2v) is 8.31. The van der Waals surface area contributed by atoms with Crippen molar-refractivity contribution in [3.63, 3.8) is 0 Å². The average molecular weight is 393 g/mol. The lowest BCUT2D eigenvalue weighted by Crippen LogP contribution is -2.18. The Bertz CT molecular complexity index is 1050. The molecule has 0 aliphatic heterocycles. The van der Waals surface area contributed by atoms with Gasteiger partial charge in [0.15, 0.2) is 5.69 Å². The van der Waals surface area contributed by atoms with Crippen LogP contribution in [0, 0.1) is 26.7 Å². The number of nitrogens with one attached hydrogen (secondary N) is 1. The van der Waals surface area contributed by atoms with Gasteiger partial charge in [-0.15, -0.1) is 0 Å². The second-order valence-electron chi connectivity index (χ2n) is 8.31. The highest BCUT2D eigenvalue weighted by molar-refractivity contribution is 6.04. The lowest BCUT2D eigenvalue weighted by Gasteiger charge is -2.16. The molecule has 0 fully saturated rings. The molecule has 2 heterocycles. The Kier molecular flexibility index (Phi) is 5.03. The predicted molar refractivity (Wildman–Crippen MR) is 112 cm³/mol. The molecule has 1 N–H and O–H groups in total. The summed E-state index contributed by atoms with van der Waals surface area (Å²) in [5.41, 5.74) is 6.23. The fourth-order valence-corrected chi connectivity index (χ4v) is 4.14. The van der Waals surface area contributed by atoms with Crippen molar-refractivity contribution in [2.24, 2.45) is 5.92 Å². The van der Waals surface area contributed by atoms with Crippen molar-refractivity contribution in [2.45, 2.75) is 59.9 Å². The first-order valence-electron chi connectivity index (χ1n) is 10.3. The molecule has 1 aliphatic carbocycles. The Morgan fingerprint density at radius 2 is 1.97 bits per heavy atom. The van der Waals surface area contributed by atoms with Crippen molar-refractivity contribution in [3.05, 3.63) is 63.8 Å². The average Bonchev–Trinajstić information content (AvgIpc) is 3.23. The Labute approximate surface area is 171 Å². The van der Waals surface area contributed by atoms with Crippen LogP contribution in [-0.2, 0) is 12.8 Å². The van der Waals surface area contributed by atoms with Gasteiger partial charge in [-0.05, 0) is 52.0 Å². The zero-order valence-corrected chi connectivity index (χ0v) is 17.7. The number of anilines is 1. The summed E-state index contributed by atoms with van der Waals surface area (Å²) in [6.07, 6.45) is 2.76. The van der Waals surface area contributed by atoms with Gasteiger partial charge in [0.05, 0.1) is 23.1 Å². The predicted octanol–water partition coefficient (Wildman–Crippen LogP) is 4.78. The number of hydrogen-bond donors (Lipinski definition) is 1. The molecule has 2 unspecified atom stereocenters. The largest absolute Gasteiger partial charge is 0.360 e. The van der Waals surface area contributed by atoms with E-state index in [4.69, 9.17) is 9.62 Å². The maximum absolute atomic E-state index is 13.0. The van der Waals surface area contributed by atoms with E-state index in [-0.39, 0.29) is 11.9 Å². The van der Waals surface area contributed by atoms with E-state index in [9.17, 15) is 4.79 Å². The summed E-state index contributed by atoms with van der Waals surface area (Å²) >= 11 is 0. The molecular weight excluding hydrogens is 364 g/mol. The van der Waals surface area contributed by atoms with Crippen LogP contribution in [0.3, 0.4) is 0 Å². The van der Waals surface area contributed by atoms with Crippen LogP contribution in [0.1, 0.15) is 70.6 Å². The van der Waals surface area contributed by atoms with E-state index >= 15 is 0 Å². The summed E-state index contributed by atoms with van der Waals surface area (Å²) in [7, 11) is 0. The molecular formula is C23H28N4O2. The molecule has 0 saturated heterocycles. The minimum Gasteiger partial charge on any atom is -0.360 e. The number of fused-ring (bicyclic) bond motifs is 1. The molecule has 1 aromatic carbocycles. The van der Waals surface area contributed by atoms with E-state index in [1.165, 1.54) is 11.1 Å². The van der Waals surface area contributed by atoms with Crippen LogP contribution in [0.25, 0.3) is 0 Å². The van der Waals surface area contributed by atoms with Gasteiger partial charge in [0.2, 0.25) is 0 Å². The van der Waals surface area contributed by atoms with Crippen molar-refractivity contribution in [1.82, 2.24) is 14.9 Å². The van der Waals surface area contributed by atoms with E-state index in [1.54, 1.807) is 0 Å². The van der Waals surface area contributed by atoms with Crippen LogP contribution in [0.15, 0.2) is 28.8 Å². The van der Waals surface area contributed by atoms with E-state index in [2.05, 4.69) is 55.5 Å². The standard InChI is InChI=1S/C23H28N4O2/c1-13-6-9-18(10-7-13)16(4)27-17(5)21(15(3)25-27)24-23(28)22-19-12-14(2)8-11-20(19)29-26-22/h6-7,9-10,14,16H,8,11-12H2,1-5H3,(H,24,28). The number of rotatable bonds is 4. The number of aryl methyl sites for hydroxylation is 3. The van der Waals surface area contributed by atoms with Gasteiger partial charge in [-0.3, -0.25) is 9.48 Å². The monoisotopic (exact) mass is 392 g/mol. The summed E-state index contributed by atoms with van der Waals surface area (Å²) < 4.78 is 7.40. The molecule has 6 heteroatoms. The molecule has 2 aromatic heterocycles. The van der Waals surface area contributed by atoms with Gasteiger partial charge in [0.25, 0.3) is 5.91 Å². The van der Waals surface area contributed by atoms with E-state index in [1.807, 2.05) is 18.5 Å². The maximum Gasteiger partial charge on any atom is 0.278 e. The molecule has 6 nitrogen and oxygen atoms in total. The van der Waals surface area contributed by atoms with Gasteiger partial charge >= 0.3 is 0 Å². The van der Waals surface area contributed by atoms with Crippen molar-refractivity contribution in [3.8, 4) is 0 Å². The summed E-state index contributed by atoms with van der Waals surface area (Å²) in [6, 6.07) is 8.53. The fourth-order valence-electron chi connectivity index (χ4n) is 4.14. The molecule has 2 atom stereocenters. The van der Waals surface area contributed by atoms with Crippen LogP contribution in [0.2, 0.25) is 0 Å². The Morgan fingerprint density at radius 1 is 1.24 bits per heavy atom. The fraction of sp³-hybridized carbons (Fsp3) is 0.435. The molecule has 4 rings (SSSR count). The SMILES string of the molecule is Cc1ccc(C(C)n2nc(C)c(NC(=O)c3noc4c3CC(C)CC4)c2C)cc1. The highest BCUT2D eigenvalue weighted by Gasteiger charge is 2.28. The molecule has 0 saturated carbocycles. The Balaban J connectivity index is 1.59. The van der Waals surface area contributed by atoms with Crippen LogP contribution >= 0.6 is 0 Å². The zero-order valence-electron chi connectivity index (χ0n) is 17.7. The maximum atomic E-state index is 13.0. The van der Waals surface area contributed by atoms with Crippen molar-refractivity contribution in [1.29, 1.82) is 0 Å². The summed E-state index contributed by atoms with van der Waals surface area (Å²) in [5.74, 6) is 1.17. The third-order valence-electron chi connectivity index (χ3n) is 5.99. The molecule has 3 aromatic rings. The van der Waals surface area contributed by atoms with Crippen LogP contribution < -0.4 is 5.32 Å². The van der Waals surface area contributed by atoms with Crippen molar-refractivity contribution >= 4 is 11.6 Å². The first-order chi connectivity index (χ1) is 13.8. The molecule has 152 valence electrons. The van der Waals surface area contributed by atoms with E-state index in [0.717, 1.165) is 47.7 Å². The first-order valence-corrected chi connectivity index (χ1v) is 10.3. The van der Waals surface area contributed by atoms with Gasteiger partial charge < -0.3 is 9.84 Å². The summed E-state index contributed by atoms with van der Waals surface area (Å²) in [4.78, 5) is 13.0. The zero-order chi connectivity index (χ0) is 20.7. The van der Waals surface area contributed by atoms with Crippen molar-refractivity contribution < 1.29 is 9.32 Å². The van der Waals surface area contributed by atoms with E-state index < -0.39 is 0 Å². The van der Waals surface area contributed by atoms with Gasteiger partial charge in [-0.1, -0.05) is 41.9 Å². The van der Waals surface area contributed by atoms with Gasteiger partial charge in [0.1, 0.15) is 5.76 Å². The smallest absolute Gasteiger partial charge is 0.278 e. The number of benzene rings is 1. The third kappa shape index (κ3) is 3.59. The lowest BCUT2D eigenvalue weighted by molar-refractivity contribution is 0.101. The number of hydrogen-bond acceptors (Lipinski definition) is 4. The van der Waals surface area contributed by atoms with Gasteiger partial charge in [-0.2, -0.15) is 5.10 Å². The molecule has 29 heavy (non-hydrogen) atoms. The second kappa shape index (κ2) is 7.50. The quantitative estimate of drug-likeness (QED) is 0.693. The Morgan fingerprint density at radius 3 is 2.69 bits per heavy atom. The molecule has 0 spiro atoms. The third-order valence-corrected chi connectivity index (χ3v) is 5.99. The number of amides is 1. The highest BCUT2D eigenvalue weighted by Crippen LogP contribution is 2.30. The van der Waals surface area contributed by atoms with Gasteiger partial charge in [0, 0.05) is 12.0 Å². The summed E-state index contributed by atoms with van der Waals surface area (Å²) in [6.45, 7) is 10.3. The molecule has 0 bridgehead atoms. The van der Waals surface area contributed by atoms with Crippen LogP contribution in [0.5, 0.6) is 0 Å². The Hall–Kier alpha value is -2.89. The van der Waals surface area contributed by atoms with Crippen LogP contribution in [-0.4, -0.2) is 20.8 Å². The molecule has 1 aliphatic rings. The molecule has 0 radical (unpaired) electrons. The molecule has 1 amide bonds. The van der Waals surface area contributed by atoms with Crippen LogP contribution in [0.4, 0.5) is 5.69 Å². The number of carbonyl (C=O) groups is 1. The number of carbonyl (C=O) groups excluding carboxylic acids is 1. The van der Waals surface area contributed by atoms with Gasteiger partial charge in [-0.25, -0.2) is 0 Å². The highest BCUT2D eigenvalue weighted by atomic mass is 16.5. The number of nitrogens with zero attached hydrogens (tertiary/aromatic N) is 3. The first kappa shape index (κ1) is 19.4. The normalized spacial score (nSPS) is 17.1.